The smallest absolute Gasteiger partial charge is 0.282 e. The van der Waals surface area contributed by atoms with Gasteiger partial charge in [-0.1, -0.05) is 96.1 Å². The molecule has 0 aliphatic carbocycles. The van der Waals surface area contributed by atoms with Crippen LogP contribution in [0.1, 0.15) is 45.0 Å². The van der Waals surface area contributed by atoms with Crippen molar-refractivity contribution in [3.05, 3.63) is 178 Å². The summed E-state index contributed by atoms with van der Waals surface area (Å²) in [5, 5.41) is 0. The Morgan fingerprint density at radius 3 is 1.22 bits per heavy atom. The van der Waals surface area contributed by atoms with Crippen LogP contribution in [0.4, 0.5) is 0 Å². The van der Waals surface area contributed by atoms with Crippen LogP contribution in [0.3, 0.4) is 0 Å². The van der Waals surface area contributed by atoms with Crippen molar-refractivity contribution in [2.75, 3.05) is 0 Å². The van der Waals surface area contributed by atoms with E-state index in [1.807, 2.05) is 98.8 Å². The number of hydrogen-bond acceptors (Lipinski definition) is 4. The molecular weight excluding hydrogens is 653 g/mol. The monoisotopic (exact) mass is 688 g/mol. The number of aryl methyl sites for hydroxylation is 2. The van der Waals surface area contributed by atoms with Gasteiger partial charge in [-0.25, -0.2) is 0 Å². The van der Waals surface area contributed by atoms with Crippen molar-refractivity contribution in [3.63, 3.8) is 0 Å². The first kappa shape index (κ1) is 33.6. The maximum Gasteiger partial charge on any atom is 0.282 e. The molecule has 6 aromatic rings. The van der Waals surface area contributed by atoms with Crippen LogP contribution in [0.5, 0.6) is 0 Å². The van der Waals surface area contributed by atoms with Gasteiger partial charge < -0.3 is 9.97 Å². The third-order valence-corrected chi connectivity index (χ3v) is 10.7. The molecule has 248 valence electrons. The number of aromatic amines is 2. The quantitative estimate of drug-likeness (QED) is 0.130. The summed E-state index contributed by atoms with van der Waals surface area (Å²) >= 11 is 0. The van der Waals surface area contributed by atoms with Crippen LogP contribution in [-0.4, -0.2) is 38.2 Å². The summed E-state index contributed by atoms with van der Waals surface area (Å²) in [6.45, 7) is 3.80. The van der Waals surface area contributed by atoms with Gasteiger partial charge in [0.25, 0.3) is 20.0 Å². The molecule has 0 radical (unpaired) electrons. The predicted molar refractivity (Wildman–Crippen MR) is 194 cm³/mol. The molecule has 0 unspecified atom stereocenters. The van der Waals surface area contributed by atoms with E-state index >= 15 is 0 Å². The second kappa shape index (κ2) is 14.4. The first-order chi connectivity index (χ1) is 23.5. The molecule has 0 atom stereocenters. The van der Waals surface area contributed by atoms with Gasteiger partial charge in [0.1, 0.15) is 0 Å². The highest BCUT2D eigenvalue weighted by Gasteiger charge is 2.19. The second-order valence-corrected chi connectivity index (χ2v) is 15.2. The first-order valence-corrected chi connectivity index (χ1v) is 18.7. The zero-order valence-electron chi connectivity index (χ0n) is 27.2. The fourth-order valence-electron chi connectivity index (χ4n) is 5.38. The number of H-pyrrole nitrogens is 2. The molecule has 0 fully saturated rings. The van der Waals surface area contributed by atoms with Gasteiger partial charge in [0, 0.05) is 30.7 Å². The Bertz CT molecular complexity index is 2160. The lowest BCUT2D eigenvalue weighted by atomic mass is 10.1. The van der Waals surface area contributed by atoms with Gasteiger partial charge in [0.05, 0.1) is 32.6 Å². The molecule has 4 aromatic carbocycles. The number of hydrogen-bond donors (Lipinski definition) is 2. The van der Waals surface area contributed by atoms with Crippen molar-refractivity contribution < 1.29 is 16.8 Å². The van der Waals surface area contributed by atoms with Gasteiger partial charge in [0.15, 0.2) is 0 Å². The molecule has 0 aliphatic heterocycles. The Morgan fingerprint density at radius 1 is 0.490 bits per heavy atom. The highest BCUT2D eigenvalue weighted by molar-refractivity contribution is 7.90. The largest absolute Gasteiger partial charge is 0.357 e. The minimum absolute atomic E-state index is 0.131. The number of nitrogens with one attached hydrogen (secondary N) is 2. The standard InChI is InChI=1S/C39H36N4O4S2/c1-28-13-19-34(20-14-28)48(44,45)42-38(25-30-9-5-3-6-10-30)36-23-17-32(40-36)27-33-18-24-37(41-33)39(26-31-11-7-4-8-12-31)43-49(46,47)35-21-15-29(2)16-22-35/h3-24,40-41H,25-27H2,1-2H3/b42-38-,43-39+. The summed E-state index contributed by atoms with van der Waals surface area (Å²) in [5.41, 5.74) is 7.39. The van der Waals surface area contributed by atoms with Crippen LogP contribution in [0.2, 0.25) is 0 Å². The number of sulfonamides is 2. The number of rotatable bonds is 12. The van der Waals surface area contributed by atoms with E-state index in [0.29, 0.717) is 42.1 Å². The Labute approximate surface area is 287 Å². The van der Waals surface area contributed by atoms with Crippen LogP contribution in [0.15, 0.2) is 152 Å². The second-order valence-electron chi connectivity index (χ2n) is 11.9. The average Bonchev–Trinajstić information content (AvgIpc) is 3.76. The molecule has 49 heavy (non-hydrogen) atoms. The molecule has 0 saturated heterocycles. The molecule has 0 aliphatic rings. The number of nitrogens with zero attached hydrogens (tertiary/aromatic N) is 2. The highest BCUT2D eigenvalue weighted by atomic mass is 32.2. The lowest BCUT2D eigenvalue weighted by Gasteiger charge is -2.08. The van der Waals surface area contributed by atoms with Gasteiger partial charge in [0.2, 0.25) is 0 Å². The van der Waals surface area contributed by atoms with Gasteiger partial charge in [-0.3, -0.25) is 0 Å². The van der Waals surface area contributed by atoms with Crippen LogP contribution in [0.25, 0.3) is 0 Å². The lowest BCUT2D eigenvalue weighted by Crippen LogP contribution is -2.11. The minimum atomic E-state index is -3.96. The van der Waals surface area contributed by atoms with E-state index in [2.05, 4.69) is 18.8 Å². The van der Waals surface area contributed by atoms with Crippen LogP contribution >= 0.6 is 0 Å². The van der Waals surface area contributed by atoms with Gasteiger partial charge >= 0.3 is 0 Å². The fourth-order valence-corrected chi connectivity index (χ4v) is 7.45. The molecule has 8 nitrogen and oxygen atoms in total. The van der Waals surface area contributed by atoms with Crippen molar-refractivity contribution in [3.8, 4) is 0 Å². The Hall–Kier alpha value is -5.32. The summed E-state index contributed by atoms with van der Waals surface area (Å²) in [7, 11) is -7.93. The van der Waals surface area contributed by atoms with E-state index in [1.54, 1.807) is 48.5 Å². The number of aromatic nitrogens is 2. The van der Waals surface area contributed by atoms with Crippen LogP contribution < -0.4 is 0 Å². The number of benzene rings is 4. The summed E-state index contributed by atoms with van der Waals surface area (Å²) in [5.74, 6) is 0. The molecule has 2 heterocycles. The normalized spacial score (nSPS) is 12.7. The Balaban J connectivity index is 1.29. The van der Waals surface area contributed by atoms with Gasteiger partial charge in [-0.2, -0.15) is 25.6 Å². The summed E-state index contributed by atoms with van der Waals surface area (Å²) < 4.78 is 62.0. The van der Waals surface area contributed by atoms with Crippen molar-refractivity contribution in [2.45, 2.75) is 42.9 Å². The molecule has 0 saturated carbocycles. The maximum atomic E-state index is 13.4. The van der Waals surface area contributed by atoms with E-state index in [4.69, 9.17) is 0 Å². The Kier molecular flexibility index (Phi) is 9.89. The van der Waals surface area contributed by atoms with Crippen molar-refractivity contribution in [1.82, 2.24) is 9.97 Å². The maximum absolute atomic E-state index is 13.4. The van der Waals surface area contributed by atoms with Gasteiger partial charge in [-0.05, 0) is 73.5 Å². The SMILES string of the molecule is Cc1ccc(S(=O)(=O)/N=C(/Cc2ccccc2)c2ccc(Cc3ccc(/C(Cc4ccccc4)=N/S(=O)(=O)c4ccc(C)cc4)[nH]3)[nH]2)cc1. The summed E-state index contributed by atoms with van der Waals surface area (Å²) in [4.78, 5) is 7.00. The summed E-state index contributed by atoms with van der Waals surface area (Å²) in [6, 6.07) is 40.0. The van der Waals surface area contributed by atoms with Crippen LogP contribution in [-0.2, 0) is 39.3 Å². The average molecular weight is 689 g/mol. The summed E-state index contributed by atoms with van der Waals surface area (Å²) in [6.07, 6.45) is 1.08. The topological polar surface area (TPSA) is 125 Å². The van der Waals surface area contributed by atoms with E-state index in [1.165, 1.54) is 0 Å². The minimum Gasteiger partial charge on any atom is -0.357 e. The predicted octanol–water partition coefficient (Wildman–Crippen LogP) is 7.39. The fraction of sp³-hybridized carbons (Fsp3) is 0.128. The molecule has 0 amide bonds. The highest BCUT2D eigenvalue weighted by Crippen LogP contribution is 2.20. The third kappa shape index (κ3) is 8.59. The van der Waals surface area contributed by atoms with Crippen molar-refractivity contribution in [2.24, 2.45) is 8.80 Å². The molecule has 0 bridgehead atoms. The molecule has 10 heteroatoms. The van der Waals surface area contributed by atoms with E-state index in [-0.39, 0.29) is 9.79 Å². The zero-order chi connectivity index (χ0) is 34.4. The molecular formula is C39H36N4O4S2. The molecule has 0 spiro atoms. The Morgan fingerprint density at radius 2 is 0.857 bits per heavy atom. The van der Waals surface area contributed by atoms with E-state index in [0.717, 1.165) is 33.6 Å². The van der Waals surface area contributed by atoms with Crippen molar-refractivity contribution in [1.29, 1.82) is 0 Å². The molecule has 6 rings (SSSR count). The lowest BCUT2D eigenvalue weighted by molar-refractivity contribution is 0.596. The van der Waals surface area contributed by atoms with Gasteiger partial charge in [-0.15, -0.1) is 0 Å². The molecule has 2 N–H and O–H groups in total. The van der Waals surface area contributed by atoms with E-state index in [9.17, 15) is 16.8 Å². The van der Waals surface area contributed by atoms with E-state index < -0.39 is 20.0 Å². The van der Waals surface area contributed by atoms with Crippen LogP contribution in [0, 0.1) is 13.8 Å². The zero-order valence-corrected chi connectivity index (χ0v) is 28.8. The third-order valence-electron chi connectivity index (χ3n) is 8.02. The first-order valence-electron chi connectivity index (χ1n) is 15.8. The van der Waals surface area contributed by atoms with Crippen molar-refractivity contribution >= 4 is 31.5 Å². The molecule has 2 aromatic heterocycles.